The van der Waals surface area contributed by atoms with Crippen molar-refractivity contribution in [3.05, 3.63) is 41.5 Å². The minimum Gasteiger partial charge on any atom is -0.497 e. The maximum Gasteiger partial charge on any atom is 0.328 e. The van der Waals surface area contributed by atoms with Gasteiger partial charge in [0, 0.05) is 12.0 Å². The van der Waals surface area contributed by atoms with E-state index in [9.17, 15) is 4.79 Å². The van der Waals surface area contributed by atoms with Crippen LogP contribution in [0.2, 0.25) is 0 Å². The molecule has 1 fully saturated rings. The van der Waals surface area contributed by atoms with E-state index >= 15 is 0 Å². The van der Waals surface area contributed by atoms with Crippen LogP contribution in [0.5, 0.6) is 5.75 Å². The minimum absolute atomic E-state index is 0.216. The average molecular weight is 260 g/mol. The van der Waals surface area contributed by atoms with Gasteiger partial charge in [0.25, 0.3) is 0 Å². The molecule has 0 saturated heterocycles. The Morgan fingerprint density at radius 1 is 1.37 bits per heavy atom. The normalized spacial score (nSPS) is 21.9. The molecule has 1 aromatic rings. The standard InChI is InChI=1S/C16H20O3/c1-19-14-8-5-7-12(10-14)15-9-4-2-3-6-13(15)11-16(17)18/h5,7-8,10-11,15H,2-4,6,9H2,1H3,(H,17,18)/b13-11+. The van der Waals surface area contributed by atoms with E-state index in [-0.39, 0.29) is 5.92 Å². The number of ether oxygens (including phenoxy) is 1. The molecule has 1 aliphatic carbocycles. The van der Waals surface area contributed by atoms with E-state index in [0.29, 0.717) is 0 Å². The molecule has 3 nitrogen and oxygen atoms in total. The predicted molar refractivity (Wildman–Crippen MR) is 74.5 cm³/mol. The molecule has 0 spiro atoms. The van der Waals surface area contributed by atoms with E-state index in [1.807, 2.05) is 18.2 Å². The maximum atomic E-state index is 11.0. The highest BCUT2D eigenvalue weighted by molar-refractivity contribution is 5.81. The summed E-state index contributed by atoms with van der Waals surface area (Å²) in [6, 6.07) is 7.97. The largest absolute Gasteiger partial charge is 0.497 e. The van der Waals surface area contributed by atoms with Crippen LogP contribution in [0.1, 0.15) is 43.6 Å². The first-order chi connectivity index (χ1) is 9.20. The van der Waals surface area contributed by atoms with Crippen LogP contribution in [-0.4, -0.2) is 18.2 Å². The Morgan fingerprint density at radius 3 is 2.95 bits per heavy atom. The number of benzene rings is 1. The van der Waals surface area contributed by atoms with Gasteiger partial charge < -0.3 is 9.84 Å². The smallest absolute Gasteiger partial charge is 0.328 e. The second kappa shape index (κ2) is 6.41. The number of methoxy groups -OCH3 is 1. The Bertz CT molecular complexity index is 477. The lowest BCUT2D eigenvalue weighted by molar-refractivity contribution is -0.131. The summed E-state index contributed by atoms with van der Waals surface area (Å²) in [5, 5.41) is 9.02. The van der Waals surface area contributed by atoms with E-state index in [1.54, 1.807) is 7.11 Å². The second-order valence-corrected chi connectivity index (χ2v) is 4.99. The van der Waals surface area contributed by atoms with Gasteiger partial charge in [0.15, 0.2) is 0 Å². The Morgan fingerprint density at radius 2 is 2.21 bits per heavy atom. The van der Waals surface area contributed by atoms with Crippen molar-refractivity contribution in [1.82, 2.24) is 0 Å². The zero-order valence-electron chi connectivity index (χ0n) is 11.3. The molecule has 1 unspecified atom stereocenters. The molecule has 1 aromatic carbocycles. The minimum atomic E-state index is -0.843. The highest BCUT2D eigenvalue weighted by atomic mass is 16.5. The Hall–Kier alpha value is -1.77. The summed E-state index contributed by atoms with van der Waals surface area (Å²) in [5.41, 5.74) is 2.20. The number of carbonyl (C=O) groups is 1. The van der Waals surface area contributed by atoms with Crippen molar-refractivity contribution in [3.8, 4) is 5.75 Å². The maximum absolute atomic E-state index is 11.0. The van der Waals surface area contributed by atoms with Crippen LogP contribution in [0, 0.1) is 0 Å². The number of hydrogen-bond donors (Lipinski definition) is 1. The van der Waals surface area contributed by atoms with E-state index in [0.717, 1.165) is 42.6 Å². The van der Waals surface area contributed by atoms with Crippen LogP contribution in [0.4, 0.5) is 0 Å². The molecule has 1 saturated carbocycles. The van der Waals surface area contributed by atoms with Gasteiger partial charge in [-0.15, -0.1) is 0 Å². The monoisotopic (exact) mass is 260 g/mol. The van der Waals surface area contributed by atoms with E-state index in [2.05, 4.69) is 6.07 Å². The Balaban J connectivity index is 2.33. The fourth-order valence-electron chi connectivity index (χ4n) is 2.78. The van der Waals surface area contributed by atoms with E-state index in [4.69, 9.17) is 9.84 Å². The number of aliphatic carboxylic acids is 1. The van der Waals surface area contributed by atoms with Crippen molar-refractivity contribution in [1.29, 1.82) is 0 Å². The third kappa shape index (κ3) is 3.60. The van der Waals surface area contributed by atoms with Crippen LogP contribution in [-0.2, 0) is 4.79 Å². The van der Waals surface area contributed by atoms with Crippen molar-refractivity contribution >= 4 is 5.97 Å². The summed E-state index contributed by atoms with van der Waals surface area (Å²) < 4.78 is 5.26. The zero-order valence-corrected chi connectivity index (χ0v) is 11.3. The fraction of sp³-hybridized carbons (Fsp3) is 0.438. The quantitative estimate of drug-likeness (QED) is 0.665. The lowest BCUT2D eigenvalue weighted by atomic mass is 9.87. The topological polar surface area (TPSA) is 46.5 Å². The molecule has 1 atom stereocenters. The number of carboxylic acid groups (broad SMARTS) is 1. The molecule has 102 valence electrons. The predicted octanol–water partition coefficient (Wildman–Crippen LogP) is 3.75. The summed E-state index contributed by atoms with van der Waals surface area (Å²) in [6.45, 7) is 0. The summed E-state index contributed by atoms with van der Waals surface area (Å²) in [7, 11) is 1.65. The molecule has 0 bridgehead atoms. The van der Waals surface area contributed by atoms with Crippen molar-refractivity contribution in [3.63, 3.8) is 0 Å². The molecule has 1 aliphatic rings. The van der Waals surface area contributed by atoms with Gasteiger partial charge >= 0.3 is 5.97 Å². The molecule has 0 aliphatic heterocycles. The highest BCUT2D eigenvalue weighted by Crippen LogP contribution is 2.37. The van der Waals surface area contributed by atoms with Gasteiger partial charge in [-0.1, -0.05) is 30.5 Å². The number of hydrogen-bond acceptors (Lipinski definition) is 2. The lowest BCUT2D eigenvalue weighted by Gasteiger charge is -2.18. The first-order valence-corrected chi connectivity index (χ1v) is 6.78. The Kier molecular flexibility index (Phi) is 4.61. The van der Waals surface area contributed by atoms with Crippen molar-refractivity contribution in [2.24, 2.45) is 0 Å². The number of carboxylic acids is 1. The summed E-state index contributed by atoms with van der Waals surface area (Å²) in [4.78, 5) is 11.0. The van der Waals surface area contributed by atoms with Crippen LogP contribution in [0.15, 0.2) is 35.9 Å². The summed E-state index contributed by atoms with van der Waals surface area (Å²) >= 11 is 0. The van der Waals surface area contributed by atoms with Gasteiger partial charge in [0.2, 0.25) is 0 Å². The molecule has 0 amide bonds. The van der Waals surface area contributed by atoms with Gasteiger partial charge in [0.05, 0.1) is 7.11 Å². The molecule has 3 heteroatoms. The summed E-state index contributed by atoms with van der Waals surface area (Å²) in [6.07, 6.45) is 6.71. The van der Waals surface area contributed by atoms with Crippen molar-refractivity contribution < 1.29 is 14.6 Å². The third-order valence-corrected chi connectivity index (χ3v) is 3.71. The number of allylic oxidation sites excluding steroid dienone is 1. The van der Waals surface area contributed by atoms with Crippen LogP contribution in [0.3, 0.4) is 0 Å². The molecule has 0 aromatic heterocycles. The van der Waals surface area contributed by atoms with Crippen LogP contribution in [0.25, 0.3) is 0 Å². The van der Waals surface area contributed by atoms with Gasteiger partial charge in [-0.3, -0.25) is 0 Å². The van der Waals surface area contributed by atoms with E-state index < -0.39 is 5.97 Å². The zero-order chi connectivity index (χ0) is 13.7. The third-order valence-electron chi connectivity index (χ3n) is 3.71. The Labute approximate surface area is 113 Å². The van der Waals surface area contributed by atoms with Gasteiger partial charge in [0.1, 0.15) is 5.75 Å². The fourth-order valence-corrected chi connectivity index (χ4v) is 2.78. The van der Waals surface area contributed by atoms with Crippen molar-refractivity contribution in [2.75, 3.05) is 7.11 Å². The van der Waals surface area contributed by atoms with Crippen LogP contribution < -0.4 is 4.74 Å². The molecule has 0 heterocycles. The molecule has 0 radical (unpaired) electrons. The first kappa shape index (κ1) is 13.7. The van der Waals surface area contributed by atoms with Crippen molar-refractivity contribution in [2.45, 2.75) is 38.0 Å². The number of rotatable bonds is 3. The average Bonchev–Trinajstić information content (AvgIpc) is 2.63. The molecule has 19 heavy (non-hydrogen) atoms. The summed E-state index contributed by atoms with van der Waals surface area (Å²) in [5.74, 6) is 0.204. The van der Waals surface area contributed by atoms with Gasteiger partial charge in [-0.25, -0.2) is 4.79 Å². The second-order valence-electron chi connectivity index (χ2n) is 4.99. The molecule has 2 rings (SSSR count). The van der Waals surface area contributed by atoms with Gasteiger partial charge in [-0.05, 0) is 37.0 Å². The van der Waals surface area contributed by atoms with E-state index in [1.165, 1.54) is 12.5 Å². The molecular formula is C16H20O3. The SMILES string of the molecule is COc1cccc(C2CCCCC/C2=C\C(=O)O)c1. The lowest BCUT2D eigenvalue weighted by Crippen LogP contribution is -2.04. The molecular weight excluding hydrogens is 240 g/mol. The van der Waals surface area contributed by atoms with Gasteiger partial charge in [-0.2, -0.15) is 0 Å². The molecule has 1 N–H and O–H groups in total. The first-order valence-electron chi connectivity index (χ1n) is 6.78. The van der Waals surface area contributed by atoms with Crippen LogP contribution >= 0.6 is 0 Å². The highest BCUT2D eigenvalue weighted by Gasteiger charge is 2.20.